The Morgan fingerprint density at radius 1 is 1.61 bits per heavy atom. The number of hydrogen-bond acceptors (Lipinski definition) is 3. The lowest BCUT2D eigenvalue weighted by molar-refractivity contribution is -0.123. The van der Waals surface area contributed by atoms with E-state index in [-0.39, 0.29) is 11.8 Å². The molecule has 0 N–H and O–H groups in total. The van der Waals surface area contributed by atoms with Crippen molar-refractivity contribution in [1.82, 2.24) is 9.88 Å². The summed E-state index contributed by atoms with van der Waals surface area (Å²) in [5.41, 5.74) is 0. The van der Waals surface area contributed by atoms with Crippen molar-refractivity contribution in [3.05, 3.63) is 22.8 Å². The number of amides is 1. The van der Waals surface area contributed by atoms with Crippen LogP contribution in [0.2, 0.25) is 0 Å². The van der Waals surface area contributed by atoms with Crippen LogP contribution in [0.1, 0.15) is 12.8 Å². The topological polar surface area (TPSA) is 36.4 Å². The van der Waals surface area contributed by atoms with E-state index in [1.54, 1.807) is 18.1 Å². The number of anilines is 1. The van der Waals surface area contributed by atoms with E-state index in [0.29, 0.717) is 5.82 Å². The minimum atomic E-state index is 0.0922. The van der Waals surface area contributed by atoms with E-state index in [9.17, 15) is 4.79 Å². The third kappa shape index (κ3) is 3.09. The molecule has 4 nitrogen and oxygen atoms in total. The van der Waals surface area contributed by atoms with Crippen molar-refractivity contribution in [1.29, 1.82) is 0 Å². The summed E-state index contributed by atoms with van der Waals surface area (Å²) in [7, 11) is 3.86. The highest BCUT2D eigenvalue weighted by atomic mass is 79.9. The van der Waals surface area contributed by atoms with E-state index in [0.717, 1.165) is 30.4 Å². The molecule has 98 valence electrons. The first-order chi connectivity index (χ1) is 8.58. The normalized spacial score (nSPS) is 20.7. The van der Waals surface area contributed by atoms with Crippen LogP contribution in [-0.2, 0) is 4.79 Å². The molecule has 0 aromatic carbocycles. The molecule has 1 aliphatic heterocycles. The number of carbonyl (C=O) groups excluding carboxylic acids is 1. The van der Waals surface area contributed by atoms with Crippen molar-refractivity contribution >= 4 is 27.7 Å². The highest BCUT2D eigenvalue weighted by molar-refractivity contribution is 9.10. The molecule has 5 heteroatoms. The van der Waals surface area contributed by atoms with Crippen molar-refractivity contribution < 1.29 is 4.79 Å². The van der Waals surface area contributed by atoms with Crippen LogP contribution < -0.4 is 4.90 Å². The predicted octanol–water partition coefficient (Wildman–Crippen LogP) is 2.15. The molecule has 2 heterocycles. The highest BCUT2D eigenvalue weighted by Gasteiger charge is 2.27. The zero-order valence-corrected chi connectivity index (χ0v) is 12.4. The fourth-order valence-electron chi connectivity index (χ4n) is 2.33. The second kappa shape index (κ2) is 5.80. The van der Waals surface area contributed by atoms with Crippen molar-refractivity contribution in [2.24, 2.45) is 5.92 Å². The minimum Gasteiger partial charge on any atom is -0.306 e. The average molecular weight is 312 g/mol. The summed E-state index contributed by atoms with van der Waals surface area (Å²) in [6.45, 7) is 1.93. The summed E-state index contributed by atoms with van der Waals surface area (Å²) in [4.78, 5) is 20.5. The molecule has 0 aliphatic carbocycles. The molecule has 0 saturated carbocycles. The second-order valence-corrected chi connectivity index (χ2v) is 5.75. The van der Waals surface area contributed by atoms with Gasteiger partial charge in [-0.25, -0.2) is 4.98 Å². The first-order valence-electron chi connectivity index (χ1n) is 6.15. The Morgan fingerprint density at radius 2 is 2.39 bits per heavy atom. The lowest BCUT2D eigenvalue weighted by Gasteiger charge is -2.31. The minimum absolute atomic E-state index is 0.0922. The Bertz CT molecular complexity index is 438. The fraction of sp³-hybridized carbons (Fsp3) is 0.538. The van der Waals surface area contributed by atoms with Crippen LogP contribution in [0.25, 0.3) is 0 Å². The summed E-state index contributed by atoms with van der Waals surface area (Å²) in [6.07, 6.45) is 3.77. The van der Waals surface area contributed by atoms with Gasteiger partial charge in [-0.1, -0.05) is 15.9 Å². The van der Waals surface area contributed by atoms with Crippen molar-refractivity contribution in [3.63, 3.8) is 0 Å². The molecule has 2 rings (SSSR count). The number of aromatic nitrogens is 1. The molecular weight excluding hydrogens is 294 g/mol. The van der Waals surface area contributed by atoms with E-state index in [1.807, 2.05) is 12.1 Å². The number of nitrogens with zero attached hydrogens (tertiary/aromatic N) is 3. The SMILES string of the molecule is CN1CCCC(C(=O)N(C)c2cc(Br)ccn2)C1. The highest BCUT2D eigenvalue weighted by Crippen LogP contribution is 2.21. The first kappa shape index (κ1) is 13.5. The van der Waals surface area contributed by atoms with Gasteiger partial charge in [0.15, 0.2) is 0 Å². The monoisotopic (exact) mass is 311 g/mol. The fourth-order valence-corrected chi connectivity index (χ4v) is 2.65. The lowest BCUT2D eigenvalue weighted by atomic mass is 9.97. The Hall–Kier alpha value is -0.940. The zero-order valence-electron chi connectivity index (χ0n) is 10.8. The lowest BCUT2D eigenvalue weighted by Crippen LogP contribution is -2.42. The van der Waals surface area contributed by atoms with Crippen molar-refractivity contribution in [3.8, 4) is 0 Å². The van der Waals surface area contributed by atoms with Crippen LogP contribution >= 0.6 is 15.9 Å². The third-order valence-electron chi connectivity index (χ3n) is 3.36. The molecule has 1 atom stereocenters. The molecule has 1 fully saturated rings. The Labute approximate surface area is 116 Å². The molecule has 1 aromatic heterocycles. The molecule has 1 saturated heterocycles. The summed E-state index contributed by atoms with van der Waals surface area (Å²) in [5, 5.41) is 0. The van der Waals surface area contributed by atoms with E-state index in [4.69, 9.17) is 0 Å². The van der Waals surface area contributed by atoms with Gasteiger partial charge in [-0.15, -0.1) is 0 Å². The summed E-state index contributed by atoms with van der Waals surface area (Å²) in [6, 6.07) is 3.72. The molecular formula is C13H18BrN3O. The number of hydrogen-bond donors (Lipinski definition) is 0. The Balaban J connectivity index is 2.08. The maximum Gasteiger partial charge on any atom is 0.232 e. The van der Waals surface area contributed by atoms with Crippen molar-refractivity contribution in [2.75, 3.05) is 32.1 Å². The molecule has 1 aliphatic rings. The molecule has 0 bridgehead atoms. The predicted molar refractivity (Wildman–Crippen MR) is 75.6 cm³/mol. The van der Waals surface area contributed by atoms with E-state index in [1.165, 1.54) is 0 Å². The summed E-state index contributed by atoms with van der Waals surface area (Å²) in [5.74, 6) is 0.948. The summed E-state index contributed by atoms with van der Waals surface area (Å²) < 4.78 is 0.938. The maximum atomic E-state index is 12.4. The number of likely N-dealkylation sites (tertiary alicyclic amines) is 1. The molecule has 18 heavy (non-hydrogen) atoms. The largest absolute Gasteiger partial charge is 0.306 e. The van der Waals surface area contributed by atoms with Crippen LogP contribution in [0.3, 0.4) is 0 Å². The Morgan fingerprint density at radius 3 is 3.06 bits per heavy atom. The van der Waals surface area contributed by atoms with Crippen LogP contribution in [0.4, 0.5) is 5.82 Å². The zero-order chi connectivity index (χ0) is 13.1. The second-order valence-electron chi connectivity index (χ2n) is 4.83. The maximum absolute atomic E-state index is 12.4. The Kier molecular flexibility index (Phi) is 4.35. The van der Waals surface area contributed by atoms with Gasteiger partial charge in [0.25, 0.3) is 0 Å². The number of rotatable bonds is 2. The number of carbonyl (C=O) groups is 1. The standard InChI is InChI=1S/C13H18BrN3O/c1-16-7-3-4-10(9-16)13(18)17(2)12-8-11(14)5-6-15-12/h5-6,8,10H,3-4,7,9H2,1-2H3. The molecule has 1 unspecified atom stereocenters. The quantitative estimate of drug-likeness (QED) is 0.839. The van der Waals surface area contributed by atoms with Gasteiger partial charge in [-0.3, -0.25) is 9.69 Å². The number of pyridine rings is 1. The van der Waals surface area contributed by atoms with Gasteiger partial charge in [0.05, 0.1) is 5.92 Å². The average Bonchev–Trinajstić information content (AvgIpc) is 2.37. The van der Waals surface area contributed by atoms with E-state index < -0.39 is 0 Å². The van der Waals surface area contributed by atoms with Gasteiger partial charge in [-0.2, -0.15) is 0 Å². The molecule has 1 amide bonds. The van der Waals surface area contributed by atoms with Gasteiger partial charge in [0, 0.05) is 24.3 Å². The van der Waals surface area contributed by atoms with Gasteiger partial charge in [-0.05, 0) is 38.6 Å². The van der Waals surface area contributed by atoms with Crippen LogP contribution in [-0.4, -0.2) is 43.0 Å². The van der Waals surface area contributed by atoms with Gasteiger partial charge >= 0.3 is 0 Å². The first-order valence-corrected chi connectivity index (χ1v) is 6.95. The van der Waals surface area contributed by atoms with E-state index in [2.05, 4.69) is 32.9 Å². The number of halogens is 1. The third-order valence-corrected chi connectivity index (χ3v) is 3.85. The van der Waals surface area contributed by atoms with Gasteiger partial charge in [0.2, 0.25) is 5.91 Å². The smallest absolute Gasteiger partial charge is 0.232 e. The number of piperidine rings is 1. The van der Waals surface area contributed by atoms with Crippen LogP contribution in [0.5, 0.6) is 0 Å². The van der Waals surface area contributed by atoms with Crippen molar-refractivity contribution in [2.45, 2.75) is 12.8 Å². The molecule has 0 radical (unpaired) electrons. The molecule has 0 spiro atoms. The van der Waals surface area contributed by atoms with Crippen LogP contribution in [0.15, 0.2) is 22.8 Å². The molecule has 1 aromatic rings. The summed E-state index contributed by atoms with van der Waals surface area (Å²) >= 11 is 3.40. The van der Waals surface area contributed by atoms with Crippen LogP contribution in [0, 0.1) is 5.92 Å². The van der Waals surface area contributed by atoms with Gasteiger partial charge < -0.3 is 4.90 Å². The van der Waals surface area contributed by atoms with E-state index >= 15 is 0 Å². The van der Waals surface area contributed by atoms with Gasteiger partial charge in [0.1, 0.15) is 5.82 Å².